The van der Waals surface area contributed by atoms with Crippen molar-refractivity contribution in [2.45, 2.75) is 0 Å². The van der Waals surface area contributed by atoms with Gasteiger partial charge in [0.2, 0.25) is 0 Å². The quantitative estimate of drug-likeness (QED) is 0.458. The lowest BCUT2D eigenvalue weighted by Crippen LogP contribution is -2.03. The number of nitrogens with one attached hydrogen (secondary N) is 1. The van der Waals surface area contributed by atoms with Crippen molar-refractivity contribution in [1.29, 1.82) is 0 Å². The second-order valence-corrected chi connectivity index (χ2v) is 2.24. The van der Waals surface area contributed by atoms with Crippen molar-refractivity contribution < 1.29 is 4.39 Å². The van der Waals surface area contributed by atoms with E-state index in [-0.39, 0.29) is 5.88 Å². The van der Waals surface area contributed by atoms with E-state index >= 15 is 0 Å². The molecule has 0 radical (unpaired) electrons. The monoisotopic (exact) mass is 249 g/mol. The van der Waals surface area contributed by atoms with Gasteiger partial charge < -0.3 is 0 Å². The Morgan fingerprint density at radius 1 is 1.88 bits per heavy atom. The predicted octanol–water partition coefficient (Wildman–Crippen LogP) is 2.02. The number of rotatable bonds is 3. The lowest BCUT2D eigenvalue weighted by Gasteiger charge is -1.94. The Balaban J connectivity index is 3.38. The molecule has 1 N–H and O–H groups in total. The topological polar surface area (TPSA) is 12.0 Å². The average molecular weight is 249 g/mol. The van der Waals surface area contributed by atoms with Crippen molar-refractivity contribution in [3.8, 4) is 0 Å². The molecule has 0 rings (SSSR count). The third-order valence-electron chi connectivity index (χ3n) is 0.620. The summed E-state index contributed by atoms with van der Waals surface area (Å²) < 4.78 is 14.3. The summed E-state index contributed by atoms with van der Waals surface area (Å²) in [5.41, 5.74) is 0.570. The summed E-state index contributed by atoms with van der Waals surface area (Å²) in [6.07, 6.45) is 0.526. The lowest BCUT2D eigenvalue weighted by molar-refractivity contribution is 0.705. The van der Waals surface area contributed by atoms with Crippen LogP contribution in [0, 0.1) is 0 Å². The van der Waals surface area contributed by atoms with Crippen molar-refractivity contribution in [2.75, 3.05) is 12.4 Å². The van der Waals surface area contributed by atoms with E-state index in [4.69, 9.17) is 11.6 Å². The summed E-state index contributed by atoms with van der Waals surface area (Å²) in [6, 6.07) is 0. The van der Waals surface area contributed by atoms with Gasteiger partial charge in [-0.3, -0.25) is 3.53 Å². The maximum atomic E-state index is 11.6. The van der Waals surface area contributed by atoms with E-state index in [1.165, 1.54) is 0 Å². The highest BCUT2D eigenvalue weighted by Crippen LogP contribution is 1.96. The summed E-state index contributed by atoms with van der Waals surface area (Å²) in [5.74, 6) is 0.256. The van der Waals surface area contributed by atoms with Crippen molar-refractivity contribution in [3.63, 3.8) is 0 Å². The molecule has 0 amide bonds. The van der Waals surface area contributed by atoms with Crippen LogP contribution in [0.15, 0.2) is 11.9 Å². The van der Waals surface area contributed by atoms with Crippen molar-refractivity contribution in [3.05, 3.63) is 11.9 Å². The fourth-order valence-corrected chi connectivity index (χ4v) is 0.844. The third kappa shape index (κ3) is 3.63. The Labute approximate surface area is 66.8 Å². The molecule has 1 nitrogen and oxygen atoms in total. The summed E-state index contributed by atoms with van der Waals surface area (Å²) in [7, 11) is 0. The lowest BCUT2D eigenvalue weighted by atomic mass is 10.4. The Hall–Kier alpha value is 0.650. The summed E-state index contributed by atoms with van der Waals surface area (Å²) >= 11 is 7.23. The fourth-order valence-electron chi connectivity index (χ4n) is 0.201. The zero-order valence-corrected chi connectivity index (χ0v) is 7.04. The molecule has 0 aromatic carbocycles. The second kappa shape index (κ2) is 5.78. The number of hydrogen-bond donors (Lipinski definition) is 1. The first-order valence-electron chi connectivity index (χ1n) is 2.02. The highest BCUT2D eigenvalue weighted by atomic mass is 127. The van der Waals surface area contributed by atoms with Gasteiger partial charge in [0.25, 0.3) is 0 Å². The first-order valence-corrected chi connectivity index (χ1v) is 3.64. The summed E-state index contributed by atoms with van der Waals surface area (Å²) in [5, 5.41) is 0. The molecule has 0 aliphatic heterocycles. The van der Waals surface area contributed by atoms with Gasteiger partial charge in [-0.15, -0.1) is 11.6 Å². The van der Waals surface area contributed by atoms with Gasteiger partial charge in [-0.1, -0.05) is 0 Å². The second-order valence-electron chi connectivity index (χ2n) is 1.21. The van der Waals surface area contributed by atoms with Crippen LogP contribution < -0.4 is 3.53 Å². The summed E-state index contributed by atoms with van der Waals surface area (Å²) in [6.45, 7) is 0.514. The number of alkyl halides is 1. The Kier molecular flexibility index (Phi) is 6.25. The Bertz CT molecular complexity index is 86.1. The minimum absolute atomic E-state index is 0.256. The molecule has 4 heteroatoms. The zero-order chi connectivity index (χ0) is 6.41. The molecule has 0 aromatic heterocycles. The summed E-state index contributed by atoms with van der Waals surface area (Å²) in [4.78, 5) is 0. The van der Waals surface area contributed by atoms with Gasteiger partial charge >= 0.3 is 0 Å². The number of halogens is 3. The molecular formula is C4H6ClFIN. The van der Waals surface area contributed by atoms with Crippen LogP contribution in [0.1, 0.15) is 0 Å². The van der Waals surface area contributed by atoms with Gasteiger partial charge in [0, 0.05) is 35.3 Å². The van der Waals surface area contributed by atoms with Gasteiger partial charge in [0.1, 0.15) is 0 Å². The molecule has 0 aromatic rings. The molecule has 0 bridgehead atoms. The van der Waals surface area contributed by atoms with Crippen molar-refractivity contribution in [1.82, 2.24) is 3.53 Å². The maximum absolute atomic E-state index is 11.6. The highest BCUT2D eigenvalue weighted by Gasteiger charge is 1.90. The standard InChI is InChI=1S/C4H6ClFIN/c5-1-4(2-6)3-8-7/h2,8H,1,3H2/b4-2-. The normalized spacial score (nSPS) is 12.1. The SMILES string of the molecule is F/C=C(/CCl)CNI. The van der Waals surface area contributed by atoms with Crippen molar-refractivity contribution >= 4 is 34.5 Å². The molecule has 0 atom stereocenters. The van der Waals surface area contributed by atoms with E-state index in [1.54, 1.807) is 0 Å². The zero-order valence-electron chi connectivity index (χ0n) is 4.13. The molecule has 48 valence electrons. The molecule has 0 saturated carbocycles. The molecule has 0 fully saturated rings. The van der Waals surface area contributed by atoms with Crippen LogP contribution in [0.5, 0.6) is 0 Å². The molecule has 0 spiro atoms. The van der Waals surface area contributed by atoms with E-state index in [0.29, 0.717) is 18.4 Å². The smallest absolute Gasteiger partial charge is 0.0884 e. The van der Waals surface area contributed by atoms with E-state index in [0.717, 1.165) is 0 Å². The highest BCUT2D eigenvalue weighted by molar-refractivity contribution is 14.1. The van der Waals surface area contributed by atoms with Gasteiger partial charge in [0.05, 0.1) is 6.33 Å². The molecule has 0 aliphatic carbocycles. The molecular weight excluding hydrogens is 243 g/mol. The molecule has 0 unspecified atom stereocenters. The van der Waals surface area contributed by atoms with Crippen LogP contribution in [0.25, 0.3) is 0 Å². The molecule has 8 heavy (non-hydrogen) atoms. The molecule has 0 heterocycles. The van der Waals surface area contributed by atoms with Crippen LogP contribution in [-0.4, -0.2) is 12.4 Å². The minimum atomic E-state index is 0.256. The minimum Gasteiger partial charge on any atom is -0.257 e. The van der Waals surface area contributed by atoms with Gasteiger partial charge in [-0.25, -0.2) is 4.39 Å². The largest absolute Gasteiger partial charge is 0.257 e. The van der Waals surface area contributed by atoms with E-state index < -0.39 is 0 Å². The van der Waals surface area contributed by atoms with Gasteiger partial charge in [-0.05, 0) is 5.57 Å². The van der Waals surface area contributed by atoms with Crippen LogP contribution in [-0.2, 0) is 0 Å². The predicted molar refractivity (Wildman–Crippen MR) is 41.9 cm³/mol. The number of hydrogen-bond acceptors (Lipinski definition) is 1. The Morgan fingerprint density at radius 3 is 2.62 bits per heavy atom. The molecule has 0 saturated heterocycles. The van der Waals surface area contributed by atoms with E-state index in [9.17, 15) is 4.39 Å². The van der Waals surface area contributed by atoms with Gasteiger partial charge in [0.15, 0.2) is 0 Å². The van der Waals surface area contributed by atoms with E-state index in [1.807, 2.05) is 22.9 Å². The maximum Gasteiger partial charge on any atom is 0.0884 e. The Morgan fingerprint density at radius 2 is 2.50 bits per heavy atom. The average Bonchev–Trinajstić information content (AvgIpc) is 1.83. The van der Waals surface area contributed by atoms with Crippen LogP contribution in [0.2, 0.25) is 0 Å². The first kappa shape index (κ1) is 8.65. The first-order chi connectivity index (χ1) is 3.85. The fraction of sp³-hybridized carbons (Fsp3) is 0.500. The van der Waals surface area contributed by atoms with Gasteiger partial charge in [-0.2, -0.15) is 0 Å². The van der Waals surface area contributed by atoms with Crippen molar-refractivity contribution in [2.24, 2.45) is 0 Å². The van der Waals surface area contributed by atoms with Crippen LogP contribution >= 0.6 is 34.5 Å². The van der Waals surface area contributed by atoms with E-state index in [2.05, 4.69) is 3.53 Å². The van der Waals surface area contributed by atoms with Crippen LogP contribution in [0.3, 0.4) is 0 Å². The van der Waals surface area contributed by atoms with Crippen LogP contribution in [0.4, 0.5) is 4.39 Å². The molecule has 0 aliphatic rings. The third-order valence-corrected chi connectivity index (χ3v) is 1.34.